The van der Waals surface area contributed by atoms with E-state index in [1.807, 2.05) is 0 Å². The highest BCUT2D eigenvalue weighted by molar-refractivity contribution is 5.91. The highest BCUT2D eigenvalue weighted by Gasteiger charge is 2.22. The second kappa shape index (κ2) is 5.45. The zero-order valence-corrected chi connectivity index (χ0v) is 8.33. The number of rotatable bonds is 4. The molecule has 0 saturated heterocycles. The summed E-state index contributed by atoms with van der Waals surface area (Å²) in [6.07, 6.45) is 2.00. The quantitative estimate of drug-likeness (QED) is 0.255. The van der Waals surface area contributed by atoms with Gasteiger partial charge in [-0.1, -0.05) is 36.9 Å². The maximum absolute atomic E-state index is 11.2. The number of nitrogens with zero attached hydrogens (tertiary/aromatic N) is 1. The van der Waals surface area contributed by atoms with Gasteiger partial charge in [0.15, 0.2) is 0 Å². The lowest BCUT2D eigenvalue weighted by atomic mass is 10.2. The summed E-state index contributed by atoms with van der Waals surface area (Å²) in [6.45, 7) is 3.16. The van der Waals surface area contributed by atoms with Crippen LogP contribution in [0.15, 0.2) is 48.9 Å². The number of benzene rings is 1. The van der Waals surface area contributed by atoms with Crippen molar-refractivity contribution in [3.05, 3.63) is 64.5 Å². The average molecular weight is 219 g/mol. The van der Waals surface area contributed by atoms with Crippen LogP contribution in [-0.2, 0) is 9.53 Å². The molecule has 0 bridgehead atoms. The van der Waals surface area contributed by atoms with Crippen LogP contribution in [0.25, 0.3) is 6.08 Å². The first-order valence-corrected chi connectivity index (χ1v) is 4.38. The fourth-order valence-corrected chi connectivity index (χ4v) is 1.03. The summed E-state index contributed by atoms with van der Waals surface area (Å²) >= 11 is 0. The Morgan fingerprint density at radius 2 is 2.00 bits per heavy atom. The Kier molecular flexibility index (Phi) is 3.97. The van der Waals surface area contributed by atoms with Crippen molar-refractivity contribution >= 4 is 12.0 Å². The molecule has 5 heteroatoms. The van der Waals surface area contributed by atoms with Gasteiger partial charge in [-0.25, -0.2) is 4.79 Å². The number of hydrogen-bond acceptors (Lipinski definition) is 4. The molecule has 0 N–H and O–H groups in total. The molecular formula is C11H9NO4. The standard InChI is InChI=1S/C11H9NO4/c1-2-16-11(13)10(12(14)15)8-9-6-4-3-5-7-9/h2-8H,1H2/b10-8-. The molecule has 0 aliphatic heterocycles. The molecule has 0 radical (unpaired) electrons. The van der Waals surface area contributed by atoms with E-state index in [1.54, 1.807) is 30.3 Å². The van der Waals surface area contributed by atoms with E-state index in [0.29, 0.717) is 5.56 Å². The third kappa shape index (κ3) is 3.06. The van der Waals surface area contributed by atoms with Crippen molar-refractivity contribution < 1.29 is 14.5 Å². The molecule has 5 nitrogen and oxygen atoms in total. The highest BCUT2D eigenvalue weighted by atomic mass is 16.6. The molecule has 1 rings (SSSR count). The first-order chi connectivity index (χ1) is 7.65. The smallest absolute Gasteiger partial charge is 0.414 e. The van der Waals surface area contributed by atoms with Crippen molar-refractivity contribution in [2.75, 3.05) is 0 Å². The largest absolute Gasteiger partial charge is 0.427 e. The monoisotopic (exact) mass is 219 g/mol. The van der Waals surface area contributed by atoms with Gasteiger partial charge >= 0.3 is 11.7 Å². The topological polar surface area (TPSA) is 69.4 Å². The summed E-state index contributed by atoms with van der Waals surface area (Å²) in [4.78, 5) is 21.0. The van der Waals surface area contributed by atoms with Crippen LogP contribution in [0.5, 0.6) is 0 Å². The van der Waals surface area contributed by atoms with Gasteiger partial charge in [0.05, 0.1) is 11.2 Å². The summed E-state index contributed by atoms with van der Waals surface area (Å²) < 4.78 is 4.35. The van der Waals surface area contributed by atoms with Gasteiger partial charge in [-0.15, -0.1) is 0 Å². The maximum Gasteiger partial charge on any atom is 0.414 e. The minimum absolute atomic E-state index is 0.551. The fourth-order valence-electron chi connectivity index (χ4n) is 1.03. The zero-order valence-electron chi connectivity index (χ0n) is 8.33. The molecule has 82 valence electrons. The van der Waals surface area contributed by atoms with Gasteiger partial charge in [-0.2, -0.15) is 0 Å². The molecule has 0 heterocycles. The van der Waals surface area contributed by atoms with Gasteiger partial charge in [-0.05, 0) is 5.56 Å². The molecule has 0 atom stereocenters. The van der Waals surface area contributed by atoms with Crippen LogP contribution in [0.4, 0.5) is 0 Å². The van der Waals surface area contributed by atoms with Crippen molar-refractivity contribution in [3.8, 4) is 0 Å². The van der Waals surface area contributed by atoms with Crippen LogP contribution in [0.1, 0.15) is 5.56 Å². The molecule has 0 aliphatic rings. The molecular weight excluding hydrogens is 210 g/mol. The summed E-state index contributed by atoms with van der Waals surface area (Å²) in [5.74, 6) is -1.04. The highest BCUT2D eigenvalue weighted by Crippen LogP contribution is 2.08. The van der Waals surface area contributed by atoms with E-state index in [9.17, 15) is 14.9 Å². The Bertz CT molecular complexity index is 437. The zero-order chi connectivity index (χ0) is 12.0. The number of carbonyl (C=O) groups excluding carboxylic acids is 1. The van der Waals surface area contributed by atoms with Crippen LogP contribution in [-0.4, -0.2) is 10.9 Å². The SMILES string of the molecule is C=COC(=O)/C(=C/c1ccccc1)[N+](=O)[O-]. The Morgan fingerprint density at radius 1 is 1.38 bits per heavy atom. The predicted molar refractivity (Wildman–Crippen MR) is 57.7 cm³/mol. The second-order valence-electron chi connectivity index (χ2n) is 2.77. The summed E-state index contributed by atoms with van der Waals surface area (Å²) in [5.41, 5.74) is -0.0821. The van der Waals surface area contributed by atoms with Gasteiger partial charge in [0.2, 0.25) is 0 Å². The number of esters is 1. The van der Waals surface area contributed by atoms with Gasteiger partial charge in [0, 0.05) is 6.08 Å². The summed E-state index contributed by atoms with van der Waals surface area (Å²) in [5, 5.41) is 10.6. The molecule has 16 heavy (non-hydrogen) atoms. The lowest BCUT2D eigenvalue weighted by molar-refractivity contribution is -0.419. The Hall–Kier alpha value is -2.43. The third-order valence-corrected chi connectivity index (χ3v) is 1.70. The van der Waals surface area contributed by atoms with E-state index in [0.717, 1.165) is 12.3 Å². The number of nitro groups is 1. The fraction of sp³-hybridized carbons (Fsp3) is 0. The first-order valence-electron chi connectivity index (χ1n) is 4.38. The molecule has 1 aromatic carbocycles. The molecule has 0 fully saturated rings. The van der Waals surface area contributed by atoms with E-state index in [2.05, 4.69) is 11.3 Å². The Balaban J connectivity index is 3.03. The third-order valence-electron chi connectivity index (χ3n) is 1.70. The molecule has 1 aromatic rings. The van der Waals surface area contributed by atoms with Crippen molar-refractivity contribution in [2.45, 2.75) is 0 Å². The van der Waals surface area contributed by atoms with E-state index < -0.39 is 16.6 Å². The normalized spacial score (nSPS) is 10.6. The van der Waals surface area contributed by atoms with Gasteiger partial charge in [0.25, 0.3) is 0 Å². The predicted octanol–water partition coefficient (Wildman–Crippen LogP) is 1.99. The summed E-state index contributed by atoms with van der Waals surface area (Å²) in [7, 11) is 0. The molecule has 0 unspecified atom stereocenters. The van der Waals surface area contributed by atoms with Crippen molar-refractivity contribution in [2.24, 2.45) is 0 Å². The molecule has 0 amide bonds. The Morgan fingerprint density at radius 3 is 2.50 bits per heavy atom. The minimum atomic E-state index is -1.04. The van der Waals surface area contributed by atoms with Crippen molar-refractivity contribution in [1.82, 2.24) is 0 Å². The average Bonchev–Trinajstić information content (AvgIpc) is 2.27. The van der Waals surface area contributed by atoms with Crippen LogP contribution in [0, 0.1) is 10.1 Å². The van der Waals surface area contributed by atoms with Crippen LogP contribution in [0.3, 0.4) is 0 Å². The van der Waals surface area contributed by atoms with Crippen molar-refractivity contribution in [1.29, 1.82) is 0 Å². The Labute approximate surface area is 91.8 Å². The number of carbonyl (C=O) groups is 1. The first kappa shape index (κ1) is 11.6. The van der Waals surface area contributed by atoms with E-state index in [1.165, 1.54) is 0 Å². The molecule has 0 aromatic heterocycles. The molecule has 0 spiro atoms. The number of hydrogen-bond donors (Lipinski definition) is 0. The number of ether oxygens (including phenoxy) is 1. The molecule has 0 aliphatic carbocycles. The molecule has 0 saturated carbocycles. The lowest BCUT2D eigenvalue weighted by Crippen LogP contribution is -2.12. The lowest BCUT2D eigenvalue weighted by Gasteiger charge is -1.96. The van der Waals surface area contributed by atoms with E-state index in [4.69, 9.17) is 0 Å². The van der Waals surface area contributed by atoms with Gasteiger partial charge in [0.1, 0.15) is 0 Å². The van der Waals surface area contributed by atoms with E-state index in [-0.39, 0.29) is 0 Å². The maximum atomic E-state index is 11.2. The van der Waals surface area contributed by atoms with Crippen LogP contribution < -0.4 is 0 Å². The van der Waals surface area contributed by atoms with Gasteiger partial charge in [-0.3, -0.25) is 10.1 Å². The summed E-state index contributed by atoms with van der Waals surface area (Å²) in [6, 6.07) is 8.48. The van der Waals surface area contributed by atoms with E-state index >= 15 is 0 Å². The van der Waals surface area contributed by atoms with Crippen LogP contribution in [0.2, 0.25) is 0 Å². The minimum Gasteiger partial charge on any atom is -0.427 e. The van der Waals surface area contributed by atoms with Gasteiger partial charge < -0.3 is 4.74 Å². The van der Waals surface area contributed by atoms with Crippen molar-refractivity contribution in [3.63, 3.8) is 0 Å². The second-order valence-corrected chi connectivity index (χ2v) is 2.77. The van der Waals surface area contributed by atoms with Crippen LogP contribution >= 0.6 is 0 Å².